The van der Waals surface area contributed by atoms with Gasteiger partial charge in [0.05, 0.1) is 6.04 Å². The number of likely N-dealkylation sites (N-methyl/N-ethyl adjacent to an activating group) is 1. The topological polar surface area (TPSA) is 64.8 Å². The van der Waals surface area contributed by atoms with E-state index in [0.29, 0.717) is 18.9 Å². The molecule has 0 fully saturated rings. The number of nitrogens with zero attached hydrogens (tertiary/aromatic N) is 1. The fourth-order valence-electron chi connectivity index (χ4n) is 2.28. The Morgan fingerprint density at radius 3 is 2.75 bits per heavy atom. The molecule has 0 radical (unpaired) electrons. The lowest BCUT2D eigenvalue weighted by Crippen LogP contribution is -2.42. The molecule has 110 valence electrons. The van der Waals surface area contributed by atoms with E-state index in [4.69, 9.17) is 15.2 Å². The van der Waals surface area contributed by atoms with Crippen LogP contribution in [0.15, 0.2) is 18.2 Å². The molecule has 20 heavy (non-hydrogen) atoms. The molecule has 0 unspecified atom stereocenters. The number of hydrogen-bond acceptors (Lipinski definition) is 4. The Morgan fingerprint density at radius 2 is 2.05 bits per heavy atom. The highest BCUT2D eigenvalue weighted by Crippen LogP contribution is 2.32. The van der Waals surface area contributed by atoms with E-state index in [1.807, 2.05) is 18.2 Å². The summed E-state index contributed by atoms with van der Waals surface area (Å²) in [5.41, 5.74) is 6.93. The Morgan fingerprint density at radius 1 is 1.35 bits per heavy atom. The second-order valence-electron chi connectivity index (χ2n) is 5.62. The number of hydrogen-bond donors (Lipinski definition) is 1. The molecule has 1 aromatic rings. The first-order chi connectivity index (χ1) is 9.47. The van der Waals surface area contributed by atoms with E-state index in [9.17, 15) is 4.79 Å². The van der Waals surface area contributed by atoms with E-state index in [0.717, 1.165) is 17.1 Å². The van der Waals surface area contributed by atoms with Crippen molar-refractivity contribution < 1.29 is 14.3 Å². The molecule has 1 aromatic carbocycles. The van der Waals surface area contributed by atoms with E-state index < -0.39 is 6.04 Å². The minimum absolute atomic E-state index is 0.0311. The zero-order valence-electron chi connectivity index (χ0n) is 12.3. The van der Waals surface area contributed by atoms with Crippen molar-refractivity contribution in [2.24, 2.45) is 11.7 Å². The van der Waals surface area contributed by atoms with Crippen molar-refractivity contribution in [2.75, 3.05) is 13.8 Å². The maximum atomic E-state index is 12.2. The molecule has 1 heterocycles. The van der Waals surface area contributed by atoms with Gasteiger partial charge in [0.15, 0.2) is 11.5 Å². The van der Waals surface area contributed by atoms with Gasteiger partial charge in [-0.15, -0.1) is 0 Å². The van der Waals surface area contributed by atoms with Crippen LogP contribution >= 0.6 is 0 Å². The molecule has 2 rings (SSSR count). The van der Waals surface area contributed by atoms with Gasteiger partial charge in [0.1, 0.15) is 0 Å². The molecule has 0 aliphatic carbocycles. The summed E-state index contributed by atoms with van der Waals surface area (Å²) < 4.78 is 10.6. The second kappa shape index (κ2) is 6.13. The van der Waals surface area contributed by atoms with Crippen molar-refractivity contribution in [1.29, 1.82) is 0 Å². The molecular formula is C15H22N2O3. The molecule has 0 aromatic heterocycles. The third kappa shape index (κ3) is 3.42. The summed E-state index contributed by atoms with van der Waals surface area (Å²) in [6, 6.07) is 5.27. The summed E-state index contributed by atoms with van der Waals surface area (Å²) in [7, 11) is 1.77. The van der Waals surface area contributed by atoms with E-state index >= 15 is 0 Å². The number of benzene rings is 1. The summed E-state index contributed by atoms with van der Waals surface area (Å²) in [5.74, 6) is 1.86. The SMILES string of the molecule is CC(C)C[C@H](N)C(=O)N(C)Cc1ccc2c(c1)OCO2. The fraction of sp³-hybridized carbons (Fsp3) is 0.533. The number of carbonyl (C=O) groups excluding carboxylic acids is 1. The number of amides is 1. The van der Waals surface area contributed by atoms with E-state index in [-0.39, 0.29) is 12.7 Å². The van der Waals surface area contributed by atoms with Crippen molar-refractivity contribution in [3.63, 3.8) is 0 Å². The number of rotatable bonds is 5. The fourth-order valence-corrected chi connectivity index (χ4v) is 2.28. The standard InChI is InChI=1S/C15H22N2O3/c1-10(2)6-12(16)15(18)17(3)8-11-4-5-13-14(7-11)20-9-19-13/h4-5,7,10,12H,6,8-9,16H2,1-3H3/t12-/m0/s1. The van der Waals surface area contributed by atoms with Gasteiger partial charge in [-0.2, -0.15) is 0 Å². The molecule has 5 nitrogen and oxygen atoms in total. The van der Waals surface area contributed by atoms with Gasteiger partial charge in [-0.05, 0) is 30.0 Å². The van der Waals surface area contributed by atoms with Crippen molar-refractivity contribution in [3.8, 4) is 11.5 Å². The van der Waals surface area contributed by atoms with Crippen LogP contribution in [-0.2, 0) is 11.3 Å². The predicted octanol–water partition coefficient (Wildman–Crippen LogP) is 1.75. The first-order valence-corrected chi connectivity index (χ1v) is 6.86. The number of fused-ring (bicyclic) bond motifs is 1. The molecule has 5 heteroatoms. The van der Waals surface area contributed by atoms with Crippen LogP contribution in [0, 0.1) is 5.92 Å². The van der Waals surface area contributed by atoms with Crippen LogP contribution in [0.1, 0.15) is 25.8 Å². The highest BCUT2D eigenvalue weighted by atomic mass is 16.7. The Hall–Kier alpha value is -1.75. The summed E-state index contributed by atoms with van der Waals surface area (Å²) in [5, 5.41) is 0. The van der Waals surface area contributed by atoms with Gasteiger partial charge in [0.2, 0.25) is 12.7 Å². The molecule has 0 bridgehead atoms. The molecule has 1 atom stereocenters. The molecular weight excluding hydrogens is 256 g/mol. The second-order valence-corrected chi connectivity index (χ2v) is 5.62. The molecule has 0 spiro atoms. The smallest absolute Gasteiger partial charge is 0.239 e. The van der Waals surface area contributed by atoms with Gasteiger partial charge in [0, 0.05) is 13.6 Å². The first kappa shape index (κ1) is 14.7. The van der Waals surface area contributed by atoms with Crippen LogP contribution in [0.5, 0.6) is 11.5 Å². The van der Waals surface area contributed by atoms with E-state index in [2.05, 4.69) is 13.8 Å². The Labute approximate surface area is 119 Å². The predicted molar refractivity (Wildman–Crippen MR) is 76.5 cm³/mol. The number of ether oxygens (including phenoxy) is 2. The van der Waals surface area contributed by atoms with Gasteiger partial charge in [-0.3, -0.25) is 4.79 Å². The largest absolute Gasteiger partial charge is 0.454 e. The van der Waals surface area contributed by atoms with Crippen molar-refractivity contribution in [2.45, 2.75) is 32.9 Å². The highest BCUT2D eigenvalue weighted by Gasteiger charge is 2.20. The van der Waals surface area contributed by atoms with E-state index in [1.165, 1.54) is 0 Å². The van der Waals surface area contributed by atoms with Crippen LogP contribution in [-0.4, -0.2) is 30.7 Å². The van der Waals surface area contributed by atoms with Crippen LogP contribution in [0.2, 0.25) is 0 Å². The number of carbonyl (C=O) groups is 1. The van der Waals surface area contributed by atoms with Crippen LogP contribution in [0.4, 0.5) is 0 Å². The summed E-state index contributed by atoms with van der Waals surface area (Å²) in [6.45, 7) is 4.89. The molecule has 1 aliphatic heterocycles. The first-order valence-electron chi connectivity index (χ1n) is 6.86. The van der Waals surface area contributed by atoms with Crippen molar-refractivity contribution in [1.82, 2.24) is 4.90 Å². The van der Waals surface area contributed by atoms with Crippen molar-refractivity contribution in [3.05, 3.63) is 23.8 Å². The number of nitrogens with two attached hydrogens (primary N) is 1. The quantitative estimate of drug-likeness (QED) is 0.891. The lowest BCUT2D eigenvalue weighted by Gasteiger charge is -2.22. The Bertz CT molecular complexity index is 488. The van der Waals surface area contributed by atoms with Crippen molar-refractivity contribution >= 4 is 5.91 Å². The summed E-state index contributed by atoms with van der Waals surface area (Å²) >= 11 is 0. The van der Waals surface area contributed by atoms with Crippen LogP contribution in [0.25, 0.3) is 0 Å². The minimum atomic E-state index is -0.436. The molecule has 0 saturated carbocycles. The molecule has 1 amide bonds. The summed E-state index contributed by atoms with van der Waals surface area (Å²) in [6.07, 6.45) is 0.699. The van der Waals surface area contributed by atoms with Crippen LogP contribution < -0.4 is 15.2 Å². The van der Waals surface area contributed by atoms with E-state index in [1.54, 1.807) is 11.9 Å². The van der Waals surface area contributed by atoms with Gasteiger partial charge in [0.25, 0.3) is 0 Å². The average molecular weight is 278 g/mol. The van der Waals surface area contributed by atoms with Gasteiger partial charge in [-0.25, -0.2) is 0 Å². The maximum Gasteiger partial charge on any atom is 0.239 e. The Kier molecular flexibility index (Phi) is 4.49. The summed E-state index contributed by atoms with van der Waals surface area (Å²) in [4.78, 5) is 13.8. The van der Waals surface area contributed by atoms with Crippen LogP contribution in [0.3, 0.4) is 0 Å². The zero-order valence-corrected chi connectivity index (χ0v) is 12.3. The third-order valence-electron chi connectivity index (χ3n) is 3.28. The molecule has 2 N–H and O–H groups in total. The zero-order chi connectivity index (χ0) is 14.7. The minimum Gasteiger partial charge on any atom is -0.454 e. The lowest BCUT2D eigenvalue weighted by molar-refractivity contribution is -0.132. The lowest BCUT2D eigenvalue weighted by atomic mass is 10.0. The highest BCUT2D eigenvalue weighted by molar-refractivity contribution is 5.81. The normalized spacial score (nSPS) is 14.4. The average Bonchev–Trinajstić information content (AvgIpc) is 2.84. The molecule has 0 saturated heterocycles. The third-order valence-corrected chi connectivity index (χ3v) is 3.28. The Balaban J connectivity index is 1.97. The maximum absolute atomic E-state index is 12.2. The van der Waals surface area contributed by atoms with Gasteiger partial charge < -0.3 is 20.1 Å². The van der Waals surface area contributed by atoms with Gasteiger partial charge in [-0.1, -0.05) is 19.9 Å². The molecule has 1 aliphatic rings. The monoisotopic (exact) mass is 278 g/mol. The van der Waals surface area contributed by atoms with Gasteiger partial charge >= 0.3 is 0 Å².